The largest absolute Gasteiger partial charge is 0.487 e. The van der Waals surface area contributed by atoms with Crippen LogP contribution in [0.5, 0.6) is 5.75 Å². The highest BCUT2D eigenvalue weighted by molar-refractivity contribution is 6.31. The van der Waals surface area contributed by atoms with Crippen LogP contribution in [-0.2, 0) is 6.61 Å². The highest BCUT2D eigenvalue weighted by Crippen LogP contribution is 2.21. The molecule has 0 bridgehead atoms. The van der Waals surface area contributed by atoms with E-state index in [1.54, 1.807) is 48.7 Å². The van der Waals surface area contributed by atoms with E-state index in [0.717, 1.165) is 11.1 Å². The number of carbonyl (C=O) groups is 1. The van der Waals surface area contributed by atoms with Gasteiger partial charge in [-0.2, -0.15) is 0 Å². The van der Waals surface area contributed by atoms with E-state index >= 15 is 0 Å². The fraction of sp³-hybridized carbons (Fsp3) is 0.125. The molecule has 0 atom stereocenters. The third-order valence-corrected chi connectivity index (χ3v) is 5.18. The lowest BCUT2D eigenvalue weighted by Gasteiger charge is -2.11. The quantitative estimate of drug-likeness (QED) is 0.440. The SMILES string of the molecule is Cc1ccc2nc(COc3cccc(NC(=O)Nc4ccc(C)c(Cl)c4)c3)cc(=O)n2c1. The van der Waals surface area contributed by atoms with E-state index in [9.17, 15) is 9.59 Å². The minimum Gasteiger partial charge on any atom is -0.487 e. The number of hydrogen-bond donors (Lipinski definition) is 2. The molecule has 0 saturated carbocycles. The van der Waals surface area contributed by atoms with Gasteiger partial charge in [-0.1, -0.05) is 29.8 Å². The summed E-state index contributed by atoms with van der Waals surface area (Å²) in [4.78, 5) is 29.1. The summed E-state index contributed by atoms with van der Waals surface area (Å²) < 4.78 is 7.29. The van der Waals surface area contributed by atoms with Crippen LogP contribution in [0, 0.1) is 13.8 Å². The molecule has 0 unspecified atom stereocenters. The molecule has 0 spiro atoms. The Morgan fingerprint density at radius 2 is 1.81 bits per heavy atom. The molecule has 8 heteroatoms. The number of ether oxygens (including phenoxy) is 1. The molecule has 2 amide bonds. The minimum absolute atomic E-state index is 0.122. The lowest BCUT2D eigenvalue weighted by atomic mass is 10.2. The van der Waals surface area contributed by atoms with Gasteiger partial charge in [0.2, 0.25) is 0 Å². The van der Waals surface area contributed by atoms with E-state index in [2.05, 4.69) is 15.6 Å². The molecule has 0 aliphatic heterocycles. The molecule has 0 fully saturated rings. The smallest absolute Gasteiger partial charge is 0.323 e. The lowest BCUT2D eigenvalue weighted by molar-refractivity contribution is 0.262. The monoisotopic (exact) mass is 448 g/mol. The normalized spacial score (nSPS) is 10.7. The van der Waals surface area contributed by atoms with Crippen molar-refractivity contribution in [1.82, 2.24) is 9.38 Å². The first-order valence-electron chi connectivity index (χ1n) is 9.93. The van der Waals surface area contributed by atoms with Crippen molar-refractivity contribution in [1.29, 1.82) is 0 Å². The number of amides is 2. The summed E-state index contributed by atoms with van der Waals surface area (Å²) in [7, 11) is 0. The van der Waals surface area contributed by atoms with E-state index in [0.29, 0.717) is 33.5 Å². The number of pyridine rings is 1. The summed E-state index contributed by atoms with van der Waals surface area (Å²) in [6, 6.07) is 17.0. The molecular weight excluding hydrogens is 428 g/mol. The molecule has 0 aliphatic rings. The van der Waals surface area contributed by atoms with Crippen LogP contribution in [0.2, 0.25) is 5.02 Å². The molecule has 4 rings (SSSR count). The van der Waals surface area contributed by atoms with Crippen LogP contribution >= 0.6 is 11.6 Å². The van der Waals surface area contributed by atoms with E-state index in [4.69, 9.17) is 16.3 Å². The number of nitrogens with one attached hydrogen (secondary N) is 2. The number of anilines is 2. The Morgan fingerprint density at radius 3 is 2.59 bits per heavy atom. The van der Waals surface area contributed by atoms with Crippen molar-refractivity contribution in [3.05, 3.63) is 99.1 Å². The van der Waals surface area contributed by atoms with Crippen molar-refractivity contribution in [2.75, 3.05) is 10.6 Å². The third-order valence-electron chi connectivity index (χ3n) is 4.77. The molecule has 0 aliphatic carbocycles. The van der Waals surface area contributed by atoms with E-state index in [1.807, 2.05) is 26.0 Å². The van der Waals surface area contributed by atoms with Gasteiger partial charge in [0.25, 0.3) is 5.56 Å². The first kappa shape index (κ1) is 21.4. The maximum Gasteiger partial charge on any atom is 0.323 e. The Bertz CT molecular complexity index is 1370. The fourth-order valence-corrected chi connectivity index (χ4v) is 3.30. The van der Waals surface area contributed by atoms with Gasteiger partial charge < -0.3 is 15.4 Å². The van der Waals surface area contributed by atoms with Gasteiger partial charge in [0.1, 0.15) is 18.0 Å². The Balaban J connectivity index is 1.41. The Hall–Kier alpha value is -3.84. The highest BCUT2D eigenvalue weighted by Gasteiger charge is 2.07. The maximum atomic E-state index is 12.3. The second kappa shape index (κ2) is 9.11. The number of nitrogens with zero attached hydrogens (tertiary/aromatic N) is 2. The van der Waals surface area contributed by atoms with Crippen molar-refractivity contribution < 1.29 is 9.53 Å². The van der Waals surface area contributed by atoms with Crippen LogP contribution < -0.4 is 20.9 Å². The molecule has 4 aromatic rings. The maximum absolute atomic E-state index is 12.3. The Labute approximate surface area is 189 Å². The van der Waals surface area contributed by atoms with Crippen LogP contribution in [0.15, 0.2) is 71.7 Å². The number of urea groups is 1. The molecular formula is C24H21ClN4O3. The topological polar surface area (TPSA) is 84.7 Å². The van der Waals surface area contributed by atoms with Crippen LogP contribution in [0.4, 0.5) is 16.2 Å². The predicted octanol–water partition coefficient (Wildman–Crippen LogP) is 5.19. The number of rotatable bonds is 5. The average Bonchev–Trinajstić information content (AvgIpc) is 2.76. The van der Waals surface area contributed by atoms with Crippen molar-refractivity contribution in [3.63, 3.8) is 0 Å². The fourth-order valence-electron chi connectivity index (χ4n) is 3.12. The average molecular weight is 449 g/mol. The van der Waals surface area contributed by atoms with Crippen molar-refractivity contribution in [2.24, 2.45) is 0 Å². The van der Waals surface area contributed by atoms with Gasteiger partial charge in [0.15, 0.2) is 0 Å². The van der Waals surface area contributed by atoms with Gasteiger partial charge in [-0.05, 0) is 55.3 Å². The predicted molar refractivity (Wildman–Crippen MR) is 126 cm³/mol. The van der Waals surface area contributed by atoms with E-state index in [1.165, 1.54) is 10.5 Å². The zero-order valence-electron chi connectivity index (χ0n) is 17.6. The second-order valence-corrected chi connectivity index (χ2v) is 7.79. The number of benzene rings is 2. The molecule has 0 saturated heterocycles. The zero-order chi connectivity index (χ0) is 22.7. The first-order valence-corrected chi connectivity index (χ1v) is 10.3. The number of fused-ring (bicyclic) bond motifs is 1. The molecule has 32 heavy (non-hydrogen) atoms. The lowest BCUT2D eigenvalue weighted by Crippen LogP contribution is -2.19. The summed E-state index contributed by atoms with van der Waals surface area (Å²) in [5.74, 6) is 0.534. The van der Waals surface area contributed by atoms with Gasteiger partial charge in [-0.15, -0.1) is 0 Å². The third kappa shape index (κ3) is 5.07. The second-order valence-electron chi connectivity index (χ2n) is 7.38. The van der Waals surface area contributed by atoms with Crippen LogP contribution in [-0.4, -0.2) is 15.4 Å². The number of halogens is 1. The van der Waals surface area contributed by atoms with Gasteiger partial charge in [-0.3, -0.25) is 9.20 Å². The summed E-state index contributed by atoms with van der Waals surface area (Å²) in [6.45, 7) is 3.93. The standard InChI is InChI=1S/C24H21ClN4O3/c1-15-6-9-22-26-19(12-23(30)29(22)13-15)14-32-20-5-3-4-17(10-20)27-24(31)28-18-8-7-16(2)21(25)11-18/h3-13H,14H2,1-2H3,(H2,27,28,31). The highest BCUT2D eigenvalue weighted by atomic mass is 35.5. The molecule has 7 nitrogen and oxygen atoms in total. The summed E-state index contributed by atoms with van der Waals surface area (Å²) in [6.07, 6.45) is 1.75. The minimum atomic E-state index is -0.401. The molecule has 2 heterocycles. The van der Waals surface area contributed by atoms with Gasteiger partial charge in [0, 0.05) is 34.7 Å². The first-order chi connectivity index (χ1) is 15.4. The van der Waals surface area contributed by atoms with E-state index < -0.39 is 6.03 Å². The molecule has 0 radical (unpaired) electrons. The van der Waals surface area contributed by atoms with Crippen LogP contribution in [0.25, 0.3) is 5.65 Å². The molecule has 2 aromatic carbocycles. The van der Waals surface area contributed by atoms with Crippen molar-refractivity contribution in [3.8, 4) is 5.75 Å². The Kier molecular flexibility index (Phi) is 6.09. The van der Waals surface area contributed by atoms with Crippen molar-refractivity contribution in [2.45, 2.75) is 20.5 Å². The summed E-state index contributed by atoms with van der Waals surface area (Å²) in [5, 5.41) is 6.08. The summed E-state index contributed by atoms with van der Waals surface area (Å²) in [5.41, 5.74) is 3.97. The number of aromatic nitrogens is 2. The van der Waals surface area contributed by atoms with Gasteiger partial charge >= 0.3 is 6.03 Å². The van der Waals surface area contributed by atoms with Crippen molar-refractivity contribution >= 4 is 34.7 Å². The van der Waals surface area contributed by atoms with Crippen LogP contribution in [0.3, 0.4) is 0 Å². The molecule has 162 valence electrons. The number of hydrogen-bond acceptors (Lipinski definition) is 4. The van der Waals surface area contributed by atoms with Gasteiger partial charge in [0.05, 0.1) is 5.69 Å². The number of carbonyl (C=O) groups excluding carboxylic acids is 1. The van der Waals surface area contributed by atoms with Crippen LogP contribution in [0.1, 0.15) is 16.8 Å². The molecule has 2 N–H and O–H groups in total. The van der Waals surface area contributed by atoms with E-state index in [-0.39, 0.29) is 12.2 Å². The van der Waals surface area contributed by atoms with Gasteiger partial charge in [-0.25, -0.2) is 9.78 Å². The molecule has 2 aromatic heterocycles. The summed E-state index contributed by atoms with van der Waals surface area (Å²) >= 11 is 6.10. The Morgan fingerprint density at radius 1 is 1.03 bits per heavy atom. The number of aryl methyl sites for hydroxylation is 2. The zero-order valence-corrected chi connectivity index (χ0v) is 18.3.